The van der Waals surface area contributed by atoms with Gasteiger partial charge in [-0.3, -0.25) is 10.1 Å². The molecule has 2 rings (SSSR count). The minimum atomic E-state index is -1.05. The molecule has 0 aliphatic heterocycles. The first kappa shape index (κ1) is 14.9. The Morgan fingerprint density at radius 1 is 1.43 bits per heavy atom. The van der Waals surface area contributed by atoms with Crippen LogP contribution < -0.4 is 5.32 Å². The quantitative estimate of drug-likeness (QED) is 0.644. The van der Waals surface area contributed by atoms with E-state index in [1.54, 1.807) is 6.92 Å². The molecule has 0 radical (unpaired) electrons. The minimum absolute atomic E-state index is 0.0920. The molecule has 0 unspecified atom stereocenters. The van der Waals surface area contributed by atoms with Crippen molar-refractivity contribution in [2.75, 3.05) is 5.32 Å². The number of aromatic nitrogens is 1. The lowest BCUT2D eigenvalue weighted by atomic mass is 10.2. The number of anilines is 2. The summed E-state index contributed by atoms with van der Waals surface area (Å²) in [5, 5.41) is 22.7. The molecule has 1 heterocycles. The van der Waals surface area contributed by atoms with E-state index < -0.39 is 10.9 Å². The predicted molar refractivity (Wildman–Crippen MR) is 80.0 cm³/mol. The molecule has 1 aromatic carbocycles. The fourth-order valence-corrected chi connectivity index (χ4v) is 2.14. The van der Waals surface area contributed by atoms with E-state index in [1.165, 1.54) is 30.5 Å². The number of carboxylic acids is 1. The van der Waals surface area contributed by atoms with Crippen LogP contribution in [-0.4, -0.2) is 21.0 Å². The molecule has 0 aliphatic carbocycles. The number of carboxylic acid groups (broad SMARTS) is 1. The lowest BCUT2D eigenvalue weighted by Gasteiger charge is -2.09. The molecule has 0 saturated heterocycles. The summed E-state index contributed by atoms with van der Waals surface area (Å²) in [6.07, 6.45) is 1.51. The van der Waals surface area contributed by atoms with Gasteiger partial charge in [0.15, 0.2) is 0 Å². The highest BCUT2D eigenvalue weighted by molar-refractivity contribution is 9.10. The third-order valence-corrected chi connectivity index (χ3v) is 3.33. The van der Waals surface area contributed by atoms with Crippen LogP contribution in [0.15, 0.2) is 34.9 Å². The number of aryl methyl sites for hydroxylation is 1. The Bertz CT molecular complexity index is 733. The summed E-state index contributed by atoms with van der Waals surface area (Å²) in [7, 11) is 0. The Morgan fingerprint density at radius 3 is 2.71 bits per heavy atom. The average molecular weight is 352 g/mol. The molecule has 108 valence electrons. The van der Waals surface area contributed by atoms with E-state index in [1.807, 2.05) is 0 Å². The van der Waals surface area contributed by atoms with Gasteiger partial charge in [0, 0.05) is 16.7 Å². The predicted octanol–water partition coefficient (Wildman–Crippen LogP) is 3.50. The van der Waals surface area contributed by atoms with Crippen LogP contribution in [0.2, 0.25) is 0 Å². The largest absolute Gasteiger partial charge is 0.478 e. The average Bonchev–Trinajstić information content (AvgIpc) is 2.42. The second-order valence-corrected chi connectivity index (χ2v) is 5.12. The number of halogens is 1. The fourth-order valence-electron chi connectivity index (χ4n) is 1.67. The molecule has 0 amide bonds. The van der Waals surface area contributed by atoms with Gasteiger partial charge in [-0.15, -0.1) is 0 Å². The van der Waals surface area contributed by atoms with Crippen LogP contribution in [0.1, 0.15) is 15.9 Å². The number of nitrogens with zero attached hydrogens (tertiary/aromatic N) is 2. The minimum Gasteiger partial charge on any atom is -0.478 e. The lowest BCUT2D eigenvalue weighted by Crippen LogP contribution is -2.02. The summed E-state index contributed by atoms with van der Waals surface area (Å²) in [5.74, 6) is -0.962. The number of hydrogen-bond acceptors (Lipinski definition) is 5. The molecular weight excluding hydrogens is 342 g/mol. The first-order valence-corrected chi connectivity index (χ1v) is 6.58. The van der Waals surface area contributed by atoms with Crippen molar-refractivity contribution in [2.45, 2.75) is 6.92 Å². The van der Waals surface area contributed by atoms with Gasteiger partial charge in [0.2, 0.25) is 5.82 Å². The number of benzene rings is 1. The molecule has 21 heavy (non-hydrogen) atoms. The van der Waals surface area contributed by atoms with Crippen molar-refractivity contribution in [2.24, 2.45) is 0 Å². The van der Waals surface area contributed by atoms with Crippen LogP contribution in [0.4, 0.5) is 17.2 Å². The van der Waals surface area contributed by atoms with E-state index in [2.05, 4.69) is 26.2 Å². The van der Waals surface area contributed by atoms with Crippen molar-refractivity contribution < 1.29 is 14.8 Å². The van der Waals surface area contributed by atoms with Gasteiger partial charge in [0.05, 0.1) is 16.2 Å². The normalized spacial score (nSPS) is 10.2. The molecule has 0 spiro atoms. The van der Waals surface area contributed by atoms with Crippen LogP contribution in [0.5, 0.6) is 0 Å². The second-order valence-electron chi connectivity index (χ2n) is 4.26. The van der Waals surface area contributed by atoms with Gasteiger partial charge in [-0.2, -0.15) is 0 Å². The summed E-state index contributed by atoms with van der Waals surface area (Å²) in [6, 6.07) is 5.73. The van der Waals surface area contributed by atoms with Crippen molar-refractivity contribution in [3.63, 3.8) is 0 Å². The maximum absolute atomic E-state index is 11.0. The smallest absolute Gasteiger partial charge is 0.335 e. The SMILES string of the molecule is Cc1cnc(Nc2ccc(C(=O)O)cc2Br)c([N+](=O)[O-])c1. The Labute approximate surface area is 127 Å². The van der Waals surface area contributed by atoms with Crippen molar-refractivity contribution in [3.8, 4) is 0 Å². The first-order valence-electron chi connectivity index (χ1n) is 5.79. The topological polar surface area (TPSA) is 105 Å². The molecule has 2 aromatic rings. The Morgan fingerprint density at radius 2 is 2.14 bits per heavy atom. The number of hydrogen-bond donors (Lipinski definition) is 2. The molecule has 0 atom stereocenters. The van der Waals surface area contributed by atoms with E-state index in [0.717, 1.165) is 0 Å². The second kappa shape index (κ2) is 5.88. The number of nitro groups is 1. The van der Waals surface area contributed by atoms with Crippen LogP contribution in [0.3, 0.4) is 0 Å². The number of nitrogens with one attached hydrogen (secondary N) is 1. The highest BCUT2D eigenvalue weighted by atomic mass is 79.9. The number of aromatic carboxylic acids is 1. The third-order valence-electron chi connectivity index (χ3n) is 2.67. The molecule has 8 heteroatoms. The lowest BCUT2D eigenvalue weighted by molar-refractivity contribution is -0.384. The highest BCUT2D eigenvalue weighted by Gasteiger charge is 2.17. The summed E-state index contributed by atoms with van der Waals surface area (Å²) >= 11 is 3.23. The van der Waals surface area contributed by atoms with Crippen molar-refractivity contribution in [1.29, 1.82) is 0 Å². The molecular formula is C13H10BrN3O4. The maximum Gasteiger partial charge on any atom is 0.335 e. The van der Waals surface area contributed by atoms with Crippen LogP contribution in [-0.2, 0) is 0 Å². The summed E-state index contributed by atoms with van der Waals surface area (Å²) < 4.78 is 0.471. The molecule has 7 nitrogen and oxygen atoms in total. The van der Waals surface area contributed by atoms with Gasteiger partial charge in [-0.25, -0.2) is 9.78 Å². The van der Waals surface area contributed by atoms with E-state index in [4.69, 9.17) is 5.11 Å². The fraction of sp³-hybridized carbons (Fsp3) is 0.0769. The van der Waals surface area contributed by atoms with Crippen molar-refractivity contribution >= 4 is 39.1 Å². The Balaban J connectivity index is 2.39. The third kappa shape index (κ3) is 3.34. The van der Waals surface area contributed by atoms with Gasteiger partial charge in [0.25, 0.3) is 0 Å². The molecule has 0 bridgehead atoms. The zero-order chi connectivity index (χ0) is 15.6. The zero-order valence-corrected chi connectivity index (χ0v) is 12.4. The summed E-state index contributed by atoms with van der Waals surface area (Å²) in [5.41, 5.74) is 1.12. The van der Waals surface area contributed by atoms with E-state index in [-0.39, 0.29) is 17.1 Å². The standard InChI is InChI=1S/C13H10BrN3O4/c1-7-4-11(17(20)21)12(15-6-7)16-10-3-2-8(13(18)19)5-9(10)14/h2-6H,1H3,(H,15,16)(H,18,19). The number of rotatable bonds is 4. The van der Waals surface area contributed by atoms with Crippen LogP contribution >= 0.6 is 15.9 Å². The molecule has 0 saturated carbocycles. The van der Waals surface area contributed by atoms with E-state index in [0.29, 0.717) is 15.7 Å². The Kier molecular flexibility index (Phi) is 4.18. The van der Waals surface area contributed by atoms with Gasteiger partial charge in [-0.1, -0.05) is 0 Å². The molecule has 1 aromatic heterocycles. The van der Waals surface area contributed by atoms with E-state index in [9.17, 15) is 14.9 Å². The Hall–Kier alpha value is -2.48. The van der Waals surface area contributed by atoms with Gasteiger partial charge in [-0.05, 0) is 46.6 Å². The van der Waals surface area contributed by atoms with Crippen molar-refractivity contribution in [3.05, 3.63) is 56.2 Å². The van der Waals surface area contributed by atoms with Crippen LogP contribution in [0, 0.1) is 17.0 Å². The zero-order valence-electron chi connectivity index (χ0n) is 10.8. The summed E-state index contributed by atoms with van der Waals surface area (Å²) in [6.45, 7) is 1.71. The molecule has 0 fully saturated rings. The van der Waals surface area contributed by atoms with Gasteiger partial charge < -0.3 is 10.4 Å². The molecule has 2 N–H and O–H groups in total. The van der Waals surface area contributed by atoms with E-state index >= 15 is 0 Å². The van der Waals surface area contributed by atoms with Crippen molar-refractivity contribution in [1.82, 2.24) is 4.98 Å². The van der Waals surface area contributed by atoms with Gasteiger partial charge in [0.1, 0.15) is 0 Å². The van der Waals surface area contributed by atoms with Crippen LogP contribution in [0.25, 0.3) is 0 Å². The first-order chi connectivity index (χ1) is 9.88. The van der Waals surface area contributed by atoms with Gasteiger partial charge >= 0.3 is 11.7 Å². The maximum atomic E-state index is 11.0. The summed E-state index contributed by atoms with van der Waals surface area (Å²) in [4.78, 5) is 25.4. The number of carbonyl (C=O) groups is 1. The molecule has 0 aliphatic rings. The monoisotopic (exact) mass is 351 g/mol. The highest BCUT2D eigenvalue weighted by Crippen LogP contribution is 2.30. The number of pyridine rings is 1.